The van der Waals surface area contributed by atoms with Crippen LogP contribution in [-0.4, -0.2) is 13.2 Å². The minimum Gasteiger partial charge on any atom is -0.381 e. The molecule has 2 rings (SSSR count). The molecule has 1 unspecified atom stereocenters. The second kappa shape index (κ2) is 6.56. The molecule has 0 spiro atoms. The third-order valence-electron chi connectivity index (χ3n) is 3.75. The van der Waals surface area contributed by atoms with Gasteiger partial charge in [-0.15, -0.1) is 0 Å². The fraction of sp³-hybridized carbons (Fsp3) is 0.571. The molecule has 0 saturated carbocycles. The molecule has 0 aliphatic carbocycles. The molecule has 1 aliphatic rings. The van der Waals surface area contributed by atoms with Crippen molar-refractivity contribution in [2.45, 2.75) is 31.5 Å². The van der Waals surface area contributed by atoms with E-state index in [-0.39, 0.29) is 6.04 Å². The Hall–Kier alpha value is -1.11. The summed E-state index contributed by atoms with van der Waals surface area (Å²) in [5.74, 6) is 6.04. The fourth-order valence-electron chi connectivity index (χ4n) is 2.52. The van der Waals surface area contributed by atoms with E-state index in [1.54, 1.807) is 0 Å². The molecular weight excluding hydrogens is 269 g/mol. The van der Waals surface area contributed by atoms with Gasteiger partial charge in [0.25, 0.3) is 0 Å². The quantitative estimate of drug-likeness (QED) is 0.661. The summed E-state index contributed by atoms with van der Waals surface area (Å²) in [6.07, 6.45) is -1.55. The van der Waals surface area contributed by atoms with Gasteiger partial charge in [0.05, 0.1) is 5.56 Å². The van der Waals surface area contributed by atoms with Gasteiger partial charge in [-0.1, -0.05) is 12.1 Å². The monoisotopic (exact) mass is 288 g/mol. The number of hydrazine groups is 1. The van der Waals surface area contributed by atoms with Crippen molar-refractivity contribution in [3.8, 4) is 0 Å². The Bertz CT molecular complexity index is 413. The number of halogens is 3. The normalized spacial score (nSPS) is 19.0. The molecule has 6 heteroatoms. The average Bonchev–Trinajstić information content (AvgIpc) is 2.45. The van der Waals surface area contributed by atoms with Crippen LogP contribution < -0.4 is 11.3 Å². The topological polar surface area (TPSA) is 47.3 Å². The smallest absolute Gasteiger partial charge is 0.381 e. The van der Waals surface area contributed by atoms with E-state index in [2.05, 4.69) is 5.43 Å². The van der Waals surface area contributed by atoms with E-state index in [0.29, 0.717) is 5.92 Å². The lowest BCUT2D eigenvalue weighted by atomic mass is 9.89. The van der Waals surface area contributed by atoms with E-state index in [4.69, 9.17) is 10.6 Å². The average molecular weight is 288 g/mol. The number of hydrogen-bond acceptors (Lipinski definition) is 3. The molecule has 1 saturated heterocycles. The third kappa shape index (κ3) is 3.94. The maximum absolute atomic E-state index is 12.5. The molecular formula is C14H19F3N2O. The highest BCUT2D eigenvalue weighted by molar-refractivity contribution is 5.26. The van der Waals surface area contributed by atoms with Crippen molar-refractivity contribution in [1.82, 2.24) is 5.43 Å². The predicted octanol–water partition coefficient (Wildman–Crippen LogP) is 3.03. The standard InChI is InChI=1S/C14H19F3N2O/c15-14(16,17)12-3-1-11(2-4-12)13(19-18)9-10-5-7-20-8-6-10/h1-4,10,13,19H,5-9,18H2. The molecule has 1 fully saturated rings. The molecule has 1 heterocycles. The van der Waals surface area contributed by atoms with Crippen LogP contribution >= 0.6 is 0 Å². The molecule has 20 heavy (non-hydrogen) atoms. The second-order valence-electron chi connectivity index (χ2n) is 5.13. The van der Waals surface area contributed by atoms with Gasteiger partial charge in [-0.2, -0.15) is 13.2 Å². The van der Waals surface area contributed by atoms with Crippen LogP contribution in [0, 0.1) is 5.92 Å². The van der Waals surface area contributed by atoms with Gasteiger partial charge in [0.1, 0.15) is 0 Å². The van der Waals surface area contributed by atoms with Gasteiger partial charge in [0.15, 0.2) is 0 Å². The first-order valence-corrected chi connectivity index (χ1v) is 6.71. The summed E-state index contributed by atoms with van der Waals surface area (Å²) >= 11 is 0. The van der Waals surface area contributed by atoms with Gasteiger partial charge >= 0.3 is 6.18 Å². The molecule has 3 nitrogen and oxygen atoms in total. The zero-order chi connectivity index (χ0) is 14.6. The van der Waals surface area contributed by atoms with E-state index < -0.39 is 11.7 Å². The van der Waals surface area contributed by atoms with Crippen molar-refractivity contribution in [2.24, 2.45) is 11.8 Å². The highest BCUT2D eigenvalue weighted by Gasteiger charge is 2.30. The van der Waals surface area contributed by atoms with Crippen LogP contribution in [-0.2, 0) is 10.9 Å². The molecule has 0 aromatic heterocycles. The third-order valence-corrected chi connectivity index (χ3v) is 3.75. The van der Waals surface area contributed by atoms with Gasteiger partial charge in [-0.05, 0) is 42.9 Å². The van der Waals surface area contributed by atoms with Crippen LogP contribution in [0.1, 0.15) is 36.4 Å². The Balaban J connectivity index is 2.03. The Morgan fingerprint density at radius 1 is 1.20 bits per heavy atom. The molecule has 3 N–H and O–H groups in total. The number of alkyl halides is 3. The Kier molecular flexibility index (Phi) is 5.01. The first-order chi connectivity index (χ1) is 9.50. The Labute approximate surface area is 116 Å². The van der Waals surface area contributed by atoms with Crippen molar-refractivity contribution in [3.05, 3.63) is 35.4 Å². The summed E-state index contributed by atoms with van der Waals surface area (Å²) < 4.78 is 42.9. The van der Waals surface area contributed by atoms with Crippen molar-refractivity contribution >= 4 is 0 Å². The number of benzene rings is 1. The van der Waals surface area contributed by atoms with Gasteiger partial charge < -0.3 is 4.74 Å². The van der Waals surface area contributed by atoms with E-state index in [1.807, 2.05) is 0 Å². The van der Waals surface area contributed by atoms with Gasteiger partial charge in [-0.25, -0.2) is 0 Å². The SMILES string of the molecule is NNC(CC1CCOCC1)c1ccc(C(F)(F)F)cc1. The van der Waals surface area contributed by atoms with E-state index >= 15 is 0 Å². The molecule has 0 bridgehead atoms. The molecule has 1 aromatic carbocycles. The largest absolute Gasteiger partial charge is 0.416 e. The van der Waals surface area contributed by atoms with Gasteiger partial charge in [0, 0.05) is 19.3 Å². The van der Waals surface area contributed by atoms with E-state index in [0.717, 1.165) is 50.2 Å². The maximum atomic E-state index is 12.5. The first kappa shape index (κ1) is 15.3. The first-order valence-electron chi connectivity index (χ1n) is 6.71. The zero-order valence-corrected chi connectivity index (χ0v) is 11.1. The number of nitrogens with two attached hydrogens (primary N) is 1. The van der Waals surface area contributed by atoms with E-state index in [9.17, 15) is 13.2 Å². The van der Waals surface area contributed by atoms with Gasteiger partial charge in [-0.3, -0.25) is 11.3 Å². The summed E-state index contributed by atoms with van der Waals surface area (Å²) in [6.45, 7) is 1.49. The summed E-state index contributed by atoms with van der Waals surface area (Å²) in [6, 6.07) is 5.06. The van der Waals surface area contributed by atoms with Crippen molar-refractivity contribution in [1.29, 1.82) is 0 Å². The van der Waals surface area contributed by atoms with Crippen molar-refractivity contribution in [2.75, 3.05) is 13.2 Å². The molecule has 0 radical (unpaired) electrons. The Morgan fingerprint density at radius 2 is 1.80 bits per heavy atom. The fourth-order valence-corrected chi connectivity index (χ4v) is 2.52. The van der Waals surface area contributed by atoms with Gasteiger partial charge in [0.2, 0.25) is 0 Å². The number of hydrogen-bond donors (Lipinski definition) is 2. The van der Waals surface area contributed by atoms with Crippen LogP contribution in [0.4, 0.5) is 13.2 Å². The lowest BCUT2D eigenvalue weighted by Gasteiger charge is -2.26. The molecule has 112 valence electrons. The minimum absolute atomic E-state index is 0.125. The summed E-state index contributed by atoms with van der Waals surface area (Å²) in [7, 11) is 0. The van der Waals surface area contributed by atoms with Crippen LogP contribution in [0.2, 0.25) is 0 Å². The second-order valence-corrected chi connectivity index (χ2v) is 5.13. The predicted molar refractivity (Wildman–Crippen MR) is 69.7 cm³/mol. The van der Waals surface area contributed by atoms with Crippen LogP contribution in [0.15, 0.2) is 24.3 Å². The van der Waals surface area contributed by atoms with E-state index in [1.165, 1.54) is 12.1 Å². The summed E-state index contributed by atoms with van der Waals surface area (Å²) in [5.41, 5.74) is 2.85. The highest BCUT2D eigenvalue weighted by Crippen LogP contribution is 2.31. The number of ether oxygens (including phenoxy) is 1. The maximum Gasteiger partial charge on any atom is 0.416 e. The molecule has 1 aliphatic heterocycles. The zero-order valence-electron chi connectivity index (χ0n) is 11.1. The molecule has 1 aromatic rings. The lowest BCUT2D eigenvalue weighted by molar-refractivity contribution is -0.137. The highest BCUT2D eigenvalue weighted by atomic mass is 19.4. The summed E-state index contributed by atoms with van der Waals surface area (Å²) in [5, 5.41) is 0. The summed E-state index contributed by atoms with van der Waals surface area (Å²) in [4.78, 5) is 0. The van der Waals surface area contributed by atoms with Crippen LogP contribution in [0.25, 0.3) is 0 Å². The molecule has 1 atom stereocenters. The van der Waals surface area contributed by atoms with Crippen LogP contribution in [0.5, 0.6) is 0 Å². The Morgan fingerprint density at radius 3 is 2.30 bits per heavy atom. The molecule has 0 amide bonds. The number of nitrogens with one attached hydrogen (secondary N) is 1. The van der Waals surface area contributed by atoms with Crippen molar-refractivity contribution in [3.63, 3.8) is 0 Å². The number of rotatable bonds is 4. The van der Waals surface area contributed by atoms with Crippen molar-refractivity contribution < 1.29 is 17.9 Å². The van der Waals surface area contributed by atoms with Crippen LogP contribution in [0.3, 0.4) is 0 Å². The lowest BCUT2D eigenvalue weighted by Crippen LogP contribution is -2.31. The minimum atomic E-state index is -4.30.